The molecule has 6 nitrogen and oxygen atoms in total. The standard InChI is InChI=1S/C75H60N6/c1-50(2)53-34-42-69-63(46-53)65-48-61(40-44-71(65)80(69)57-24-14-8-15-25-57)78(55-20-10-6-11-21-55)59-36-30-51(31-37-59)73-74(77-68-29-19-18-28-67(68)76-73)52-32-38-60(39-33-52)79(56-22-12-7-13-23-56)62-41-45-72-66(49-62)64-47-54(75(3,4)5)35-43-70(64)81(72)58-26-16-9-17-27-58/h6-50H,1-5H3. The lowest BCUT2D eigenvalue weighted by Crippen LogP contribution is -2.10. The van der Waals surface area contributed by atoms with E-state index in [0.717, 1.165) is 79.0 Å². The van der Waals surface area contributed by atoms with Gasteiger partial charge in [-0.15, -0.1) is 0 Å². The number of hydrogen-bond acceptors (Lipinski definition) is 4. The van der Waals surface area contributed by atoms with Crippen molar-refractivity contribution in [3.05, 3.63) is 278 Å². The van der Waals surface area contributed by atoms with Crippen LogP contribution in [0.15, 0.2) is 267 Å². The minimum atomic E-state index is -0.00446. The minimum absolute atomic E-state index is 0.00446. The summed E-state index contributed by atoms with van der Waals surface area (Å²) in [6.45, 7) is 11.4. The van der Waals surface area contributed by atoms with Crippen LogP contribution in [0.5, 0.6) is 0 Å². The maximum atomic E-state index is 5.38. The average Bonchev–Trinajstić information content (AvgIpc) is 4.02. The van der Waals surface area contributed by atoms with E-state index >= 15 is 0 Å². The third kappa shape index (κ3) is 8.86. The predicted octanol–water partition coefficient (Wildman–Crippen LogP) is 20.5. The van der Waals surface area contributed by atoms with Crippen LogP contribution in [-0.4, -0.2) is 19.1 Å². The van der Waals surface area contributed by atoms with E-state index in [4.69, 9.17) is 9.97 Å². The lowest BCUT2D eigenvalue weighted by Gasteiger charge is -2.26. The van der Waals surface area contributed by atoms with Crippen LogP contribution in [0.4, 0.5) is 34.1 Å². The third-order valence-corrected chi connectivity index (χ3v) is 16.0. The number of aromatic nitrogens is 4. The number of nitrogens with zero attached hydrogens (tertiary/aromatic N) is 6. The van der Waals surface area contributed by atoms with Gasteiger partial charge >= 0.3 is 0 Å². The molecule has 0 aliphatic rings. The Kier molecular flexibility index (Phi) is 12.2. The van der Waals surface area contributed by atoms with Gasteiger partial charge < -0.3 is 18.9 Å². The van der Waals surface area contributed by atoms with Crippen molar-refractivity contribution < 1.29 is 0 Å². The predicted molar refractivity (Wildman–Crippen MR) is 341 cm³/mol. The van der Waals surface area contributed by atoms with Crippen molar-refractivity contribution in [2.24, 2.45) is 0 Å². The molecule has 0 radical (unpaired) electrons. The Bertz CT molecular complexity index is 4610. The first-order valence-corrected chi connectivity index (χ1v) is 28.1. The van der Waals surface area contributed by atoms with Crippen molar-refractivity contribution in [1.29, 1.82) is 0 Å². The van der Waals surface area contributed by atoms with Crippen molar-refractivity contribution in [2.75, 3.05) is 9.80 Å². The van der Waals surface area contributed by atoms with Crippen LogP contribution in [0.25, 0.3) is 88.5 Å². The molecule has 0 bridgehead atoms. The molecule has 6 heteroatoms. The second kappa shape index (κ2) is 20.0. The molecule has 0 spiro atoms. The number of benzene rings is 11. The second-order valence-corrected chi connectivity index (χ2v) is 22.5. The Morgan fingerprint density at radius 1 is 0.333 bits per heavy atom. The van der Waals surface area contributed by atoms with Gasteiger partial charge in [-0.1, -0.05) is 156 Å². The molecule has 81 heavy (non-hydrogen) atoms. The highest BCUT2D eigenvalue weighted by molar-refractivity contribution is 6.12. The summed E-state index contributed by atoms with van der Waals surface area (Å²) in [4.78, 5) is 15.5. The molecule has 0 unspecified atom stereocenters. The van der Waals surface area contributed by atoms with Crippen molar-refractivity contribution in [2.45, 2.75) is 46.0 Å². The molecule has 0 amide bonds. The van der Waals surface area contributed by atoms with Gasteiger partial charge in [0.15, 0.2) is 0 Å². The summed E-state index contributed by atoms with van der Waals surface area (Å²) in [6.07, 6.45) is 0. The highest BCUT2D eigenvalue weighted by Gasteiger charge is 2.23. The van der Waals surface area contributed by atoms with Gasteiger partial charge in [0.25, 0.3) is 0 Å². The van der Waals surface area contributed by atoms with Gasteiger partial charge in [-0.05, 0) is 168 Å². The molecule has 3 heterocycles. The van der Waals surface area contributed by atoms with E-state index in [1.165, 1.54) is 54.7 Å². The van der Waals surface area contributed by atoms with E-state index in [0.29, 0.717) is 5.92 Å². The maximum Gasteiger partial charge on any atom is 0.0973 e. The van der Waals surface area contributed by atoms with Gasteiger partial charge in [0.2, 0.25) is 0 Å². The van der Waals surface area contributed by atoms with Crippen LogP contribution in [-0.2, 0) is 5.41 Å². The molecular weight excluding hydrogens is 985 g/mol. The Labute approximate surface area is 473 Å². The van der Waals surface area contributed by atoms with Crippen LogP contribution in [0.3, 0.4) is 0 Å². The minimum Gasteiger partial charge on any atom is -0.310 e. The molecule has 0 saturated heterocycles. The molecule has 0 fully saturated rings. The molecule has 390 valence electrons. The Balaban J connectivity index is 0.861. The van der Waals surface area contributed by atoms with Crippen molar-refractivity contribution in [3.8, 4) is 33.9 Å². The van der Waals surface area contributed by atoms with E-state index in [1.807, 2.05) is 12.1 Å². The van der Waals surface area contributed by atoms with E-state index in [9.17, 15) is 0 Å². The van der Waals surface area contributed by atoms with E-state index in [-0.39, 0.29) is 5.41 Å². The topological polar surface area (TPSA) is 42.1 Å². The summed E-state index contributed by atoms with van der Waals surface area (Å²) >= 11 is 0. The molecule has 0 aliphatic carbocycles. The lowest BCUT2D eigenvalue weighted by atomic mass is 9.86. The fourth-order valence-corrected chi connectivity index (χ4v) is 11.8. The molecule has 0 saturated carbocycles. The van der Waals surface area contributed by atoms with Gasteiger partial charge in [-0.2, -0.15) is 0 Å². The fourth-order valence-electron chi connectivity index (χ4n) is 11.8. The molecule has 14 aromatic rings. The lowest BCUT2D eigenvalue weighted by molar-refractivity contribution is 0.591. The van der Waals surface area contributed by atoms with E-state index in [1.54, 1.807) is 0 Å². The molecule has 0 aliphatic heterocycles. The average molecular weight is 1050 g/mol. The molecule has 3 aromatic heterocycles. The van der Waals surface area contributed by atoms with Crippen LogP contribution in [0.2, 0.25) is 0 Å². The summed E-state index contributed by atoms with van der Waals surface area (Å²) < 4.78 is 4.79. The van der Waals surface area contributed by atoms with Crippen LogP contribution < -0.4 is 9.80 Å². The molecular formula is C75H60N6. The number of fused-ring (bicyclic) bond motifs is 7. The fraction of sp³-hybridized carbons (Fsp3) is 0.0933. The number of anilines is 6. The summed E-state index contributed by atoms with van der Waals surface area (Å²) in [6, 6.07) is 96.3. The van der Waals surface area contributed by atoms with Gasteiger partial charge in [0, 0.05) is 78.2 Å². The van der Waals surface area contributed by atoms with E-state index in [2.05, 4.69) is 308 Å². The summed E-state index contributed by atoms with van der Waals surface area (Å²) in [5.74, 6) is 0.403. The Morgan fingerprint density at radius 2 is 0.679 bits per heavy atom. The van der Waals surface area contributed by atoms with Gasteiger partial charge in [-0.3, -0.25) is 0 Å². The molecule has 0 N–H and O–H groups in total. The van der Waals surface area contributed by atoms with Crippen molar-refractivity contribution >= 4 is 88.8 Å². The monoisotopic (exact) mass is 1040 g/mol. The van der Waals surface area contributed by atoms with Crippen LogP contribution in [0, 0.1) is 0 Å². The maximum absolute atomic E-state index is 5.38. The first-order chi connectivity index (χ1) is 39.6. The summed E-state index contributed by atoms with van der Waals surface area (Å²) in [5.41, 5.74) is 21.3. The molecule has 14 rings (SSSR count). The molecule has 0 atom stereocenters. The number of rotatable bonds is 11. The third-order valence-electron chi connectivity index (χ3n) is 16.0. The quantitative estimate of drug-likeness (QED) is 0.129. The smallest absolute Gasteiger partial charge is 0.0973 e. The van der Waals surface area contributed by atoms with Crippen molar-refractivity contribution in [3.63, 3.8) is 0 Å². The largest absolute Gasteiger partial charge is 0.310 e. The van der Waals surface area contributed by atoms with Gasteiger partial charge in [0.05, 0.1) is 44.5 Å². The zero-order valence-corrected chi connectivity index (χ0v) is 46.2. The Hall–Kier alpha value is -10.0. The number of hydrogen-bond donors (Lipinski definition) is 0. The van der Waals surface area contributed by atoms with E-state index < -0.39 is 0 Å². The summed E-state index contributed by atoms with van der Waals surface area (Å²) in [5, 5.41) is 4.90. The summed E-state index contributed by atoms with van der Waals surface area (Å²) in [7, 11) is 0. The van der Waals surface area contributed by atoms with Crippen molar-refractivity contribution in [1.82, 2.24) is 19.1 Å². The number of para-hydroxylation sites is 6. The van der Waals surface area contributed by atoms with Gasteiger partial charge in [0.1, 0.15) is 0 Å². The first-order valence-electron chi connectivity index (χ1n) is 28.1. The zero-order chi connectivity index (χ0) is 54.8. The zero-order valence-electron chi connectivity index (χ0n) is 46.2. The van der Waals surface area contributed by atoms with Gasteiger partial charge in [-0.25, -0.2) is 9.97 Å². The normalized spacial score (nSPS) is 11.9. The Morgan fingerprint density at radius 3 is 1.10 bits per heavy atom. The molecule has 11 aromatic carbocycles. The first kappa shape index (κ1) is 49.3. The van der Waals surface area contributed by atoms with Crippen LogP contribution >= 0.6 is 0 Å². The SMILES string of the molecule is CC(C)c1ccc2c(c1)c1cc(N(c3ccccc3)c3ccc(-c4nc5ccccc5nc4-c4ccc(N(c5ccccc5)c5ccc6c(c5)c5cc(C(C)(C)C)ccc5n6-c5ccccc5)cc4)cc3)ccc1n2-c1ccccc1. The van der Waals surface area contributed by atoms with Crippen LogP contribution in [0.1, 0.15) is 51.7 Å². The second-order valence-electron chi connectivity index (χ2n) is 22.5. The highest BCUT2D eigenvalue weighted by atomic mass is 15.1. The highest BCUT2D eigenvalue weighted by Crippen LogP contribution is 2.44.